The average molecular weight is 419 g/mol. The van der Waals surface area contributed by atoms with E-state index in [0.717, 1.165) is 17.7 Å². The largest absolute Gasteiger partial charge is 0.492 e. The van der Waals surface area contributed by atoms with Crippen molar-refractivity contribution in [2.45, 2.75) is 32.5 Å². The van der Waals surface area contributed by atoms with Crippen molar-refractivity contribution in [3.63, 3.8) is 0 Å². The van der Waals surface area contributed by atoms with Gasteiger partial charge in [-0.2, -0.15) is 13.2 Å². The molecule has 0 N–H and O–H groups in total. The molecule has 0 heterocycles. The van der Waals surface area contributed by atoms with Gasteiger partial charge in [0.1, 0.15) is 36.4 Å². The van der Waals surface area contributed by atoms with E-state index < -0.39 is 17.7 Å². The van der Waals surface area contributed by atoms with Crippen molar-refractivity contribution in [2.75, 3.05) is 6.61 Å². The zero-order valence-corrected chi connectivity index (χ0v) is 16.2. The molecule has 0 amide bonds. The summed E-state index contributed by atoms with van der Waals surface area (Å²) in [7, 11) is 0. The molecule has 0 atom stereocenters. The summed E-state index contributed by atoms with van der Waals surface area (Å²) in [6.07, 6.45) is -3.80. The number of benzene rings is 2. The van der Waals surface area contributed by atoms with Crippen LogP contribution >= 0.6 is 0 Å². The minimum Gasteiger partial charge on any atom is -0.492 e. The van der Waals surface area contributed by atoms with E-state index in [9.17, 15) is 22.8 Å². The maximum Gasteiger partial charge on any atom is 0.416 e. The third kappa shape index (κ3) is 5.46. The summed E-state index contributed by atoms with van der Waals surface area (Å²) in [6.45, 7) is 1.82. The van der Waals surface area contributed by atoms with Crippen LogP contribution in [0.3, 0.4) is 0 Å². The Labute approximate surface area is 171 Å². The van der Waals surface area contributed by atoms with E-state index in [0.29, 0.717) is 17.0 Å². The average Bonchev–Trinajstić information content (AvgIpc) is 3.04. The zero-order valence-electron chi connectivity index (χ0n) is 16.2. The van der Waals surface area contributed by atoms with Gasteiger partial charge in [-0.05, 0) is 54.4 Å². The van der Waals surface area contributed by atoms with Crippen molar-refractivity contribution >= 4 is 17.3 Å². The van der Waals surface area contributed by atoms with Gasteiger partial charge in [0.15, 0.2) is 0 Å². The molecule has 2 aromatic carbocycles. The normalized spacial score (nSPS) is 15.5. The topological polar surface area (TPSA) is 65.0 Å². The Balaban J connectivity index is 1.51. The fourth-order valence-corrected chi connectivity index (χ4v) is 2.98. The Hall–Kier alpha value is -3.16. The molecule has 0 aromatic heterocycles. The number of nitrogens with zero attached hydrogens (tertiary/aromatic N) is 1. The predicted molar refractivity (Wildman–Crippen MR) is 103 cm³/mol. The molecule has 1 fully saturated rings. The van der Waals surface area contributed by atoms with Crippen molar-refractivity contribution < 1.29 is 32.3 Å². The lowest BCUT2D eigenvalue weighted by molar-refractivity contribution is -0.137. The van der Waals surface area contributed by atoms with Gasteiger partial charge in [-0.1, -0.05) is 17.3 Å². The molecular formula is C22H20F3NO4. The highest BCUT2D eigenvalue weighted by atomic mass is 19.4. The van der Waals surface area contributed by atoms with Crippen molar-refractivity contribution in [1.82, 2.24) is 0 Å². The van der Waals surface area contributed by atoms with Crippen molar-refractivity contribution in [2.24, 2.45) is 11.1 Å². The molecule has 0 unspecified atom stereocenters. The molecule has 1 aliphatic rings. The van der Waals surface area contributed by atoms with Crippen molar-refractivity contribution in [3.8, 4) is 5.75 Å². The minimum atomic E-state index is -4.37. The number of hydrogen-bond acceptors (Lipinski definition) is 5. The molecule has 0 aliphatic heterocycles. The van der Waals surface area contributed by atoms with Crippen LogP contribution in [0.25, 0.3) is 0 Å². The van der Waals surface area contributed by atoms with Crippen LogP contribution in [0.1, 0.15) is 36.5 Å². The minimum absolute atomic E-state index is 0.0418. The van der Waals surface area contributed by atoms with E-state index >= 15 is 0 Å². The molecule has 0 radical (unpaired) electrons. The number of ether oxygens (including phenoxy) is 1. The summed E-state index contributed by atoms with van der Waals surface area (Å²) >= 11 is 0. The van der Waals surface area contributed by atoms with E-state index in [1.807, 2.05) is 0 Å². The van der Waals surface area contributed by atoms with Gasteiger partial charge in [-0.25, -0.2) is 0 Å². The first kappa shape index (κ1) is 21.5. The molecule has 2 aromatic rings. The van der Waals surface area contributed by atoms with Gasteiger partial charge in [0, 0.05) is 12.8 Å². The van der Waals surface area contributed by atoms with Crippen LogP contribution < -0.4 is 4.74 Å². The summed E-state index contributed by atoms with van der Waals surface area (Å²) < 4.78 is 43.2. The number of carbonyl (C=O) groups is 2. The molecule has 0 saturated heterocycles. The first-order chi connectivity index (χ1) is 14.2. The number of halogens is 3. The maximum atomic E-state index is 12.6. The van der Waals surface area contributed by atoms with E-state index in [4.69, 9.17) is 9.57 Å². The van der Waals surface area contributed by atoms with E-state index in [1.54, 1.807) is 31.2 Å². The monoisotopic (exact) mass is 419 g/mol. The number of hydrogen-bond donors (Lipinski definition) is 0. The van der Waals surface area contributed by atoms with Gasteiger partial charge in [-0.15, -0.1) is 0 Å². The van der Waals surface area contributed by atoms with Gasteiger partial charge in [0.25, 0.3) is 0 Å². The molecule has 158 valence electrons. The fraction of sp³-hybridized carbons (Fsp3) is 0.318. The second-order valence-corrected chi connectivity index (χ2v) is 6.97. The summed E-state index contributed by atoms with van der Waals surface area (Å²) in [5, 5.41) is 3.98. The summed E-state index contributed by atoms with van der Waals surface area (Å²) in [6, 6.07) is 11.6. The number of alkyl halides is 3. The third-order valence-corrected chi connectivity index (χ3v) is 4.80. The summed E-state index contributed by atoms with van der Waals surface area (Å²) in [5.74, 6) is -0.300. The summed E-state index contributed by atoms with van der Waals surface area (Å²) in [5.41, 5.74) is 1.20. The third-order valence-electron chi connectivity index (χ3n) is 4.80. The number of Topliss-reactive ketones (excluding diaryl/α,β-unsaturated/α-hetero) is 2. The van der Waals surface area contributed by atoms with E-state index in [2.05, 4.69) is 5.16 Å². The Morgan fingerprint density at radius 3 is 2.17 bits per heavy atom. The van der Waals surface area contributed by atoms with Crippen LogP contribution in [0, 0.1) is 5.92 Å². The molecule has 3 rings (SSSR count). The lowest BCUT2D eigenvalue weighted by Crippen LogP contribution is -2.22. The second-order valence-electron chi connectivity index (χ2n) is 6.97. The molecule has 5 nitrogen and oxygen atoms in total. The Morgan fingerprint density at radius 1 is 1.00 bits per heavy atom. The Bertz CT molecular complexity index is 918. The van der Waals surface area contributed by atoms with Gasteiger partial charge in [0.2, 0.25) is 0 Å². The highest BCUT2D eigenvalue weighted by molar-refractivity contribution is 6.08. The SMILES string of the molecule is C/C(=N\OCc1ccc(C(F)(F)F)cc1)c1ccc(OCC2C(=O)CCC2=O)cc1. The highest BCUT2D eigenvalue weighted by Crippen LogP contribution is 2.29. The number of rotatable bonds is 7. The maximum absolute atomic E-state index is 12.6. The lowest BCUT2D eigenvalue weighted by Gasteiger charge is -2.10. The predicted octanol–water partition coefficient (Wildman–Crippen LogP) is 4.57. The second kappa shape index (κ2) is 9.11. The van der Waals surface area contributed by atoms with Crippen LogP contribution in [0.5, 0.6) is 5.75 Å². The number of ketones is 2. The van der Waals surface area contributed by atoms with Crippen LogP contribution in [0.2, 0.25) is 0 Å². The lowest BCUT2D eigenvalue weighted by atomic mass is 10.1. The van der Waals surface area contributed by atoms with Crippen LogP contribution in [0.4, 0.5) is 13.2 Å². The van der Waals surface area contributed by atoms with E-state index in [-0.39, 0.29) is 37.6 Å². The summed E-state index contributed by atoms with van der Waals surface area (Å²) in [4.78, 5) is 28.5. The van der Waals surface area contributed by atoms with Crippen LogP contribution in [-0.2, 0) is 27.2 Å². The van der Waals surface area contributed by atoms with E-state index in [1.165, 1.54) is 12.1 Å². The molecule has 0 spiro atoms. The Morgan fingerprint density at radius 2 is 1.60 bits per heavy atom. The molecule has 0 bridgehead atoms. The molecule has 1 saturated carbocycles. The van der Waals surface area contributed by atoms with Gasteiger partial charge >= 0.3 is 6.18 Å². The first-order valence-corrected chi connectivity index (χ1v) is 9.35. The Kier molecular flexibility index (Phi) is 6.54. The molecule has 8 heteroatoms. The highest BCUT2D eigenvalue weighted by Gasteiger charge is 2.33. The molecule has 30 heavy (non-hydrogen) atoms. The van der Waals surface area contributed by atoms with Crippen molar-refractivity contribution in [1.29, 1.82) is 0 Å². The van der Waals surface area contributed by atoms with Crippen LogP contribution in [0.15, 0.2) is 53.7 Å². The standard InChI is InChI=1S/C22H20F3NO4/c1-14(26-30-12-15-2-6-17(7-3-15)22(23,24)25)16-4-8-18(9-5-16)29-13-19-20(27)10-11-21(19)28/h2-9,19H,10-13H2,1H3/b26-14+. The first-order valence-electron chi connectivity index (χ1n) is 9.35. The quantitative estimate of drug-likeness (QED) is 0.375. The fourth-order valence-electron chi connectivity index (χ4n) is 2.98. The number of oxime groups is 1. The molecule has 1 aliphatic carbocycles. The smallest absolute Gasteiger partial charge is 0.416 e. The zero-order chi connectivity index (χ0) is 21.7. The van der Waals surface area contributed by atoms with Crippen molar-refractivity contribution in [3.05, 3.63) is 65.2 Å². The number of carbonyl (C=O) groups excluding carboxylic acids is 2. The van der Waals surface area contributed by atoms with Gasteiger partial charge in [0.05, 0.1) is 11.3 Å². The van der Waals surface area contributed by atoms with Gasteiger partial charge < -0.3 is 9.57 Å². The van der Waals surface area contributed by atoms with Crippen LogP contribution in [-0.4, -0.2) is 23.9 Å². The van der Waals surface area contributed by atoms with Gasteiger partial charge in [-0.3, -0.25) is 9.59 Å². The molecular weight excluding hydrogens is 399 g/mol.